The number of nitrogens with zero attached hydrogens (tertiary/aromatic N) is 3. The van der Waals surface area contributed by atoms with Gasteiger partial charge in [-0.1, -0.05) is 30.3 Å². The van der Waals surface area contributed by atoms with E-state index < -0.39 is 5.56 Å². The van der Waals surface area contributed by atoms with Crippen LogP contribution in [0, 0.1) is 0 Å². The predicted octanol–water partition coefficient (Wildman–Crippen LogP) is 3.24. The molecule has 2 aromatic heterocycles. The van der Waals surface area contributed by atoms with Crippen LogP contribution in [0.25, 0.3) is 11.4 Å². The number of benzene rings is 1. The van der Waals surface area contributed by atoms with Gasteiger partial charge >= 0.3 is 0 Å². The maximum Gasteiger partial charge on any atom is 0.264 e. The van der Waals surface area contributed by atoms with Crippen molar-refractivity contribution in [2.45, 2.75) is 25.2 Å². The Kier molecular flexibility index (Phi) is 5.28. The molecule has 1 aliphatic rings. The molecule has 0 saturated carbocycles. The van der Waals surface area contributed by atoms with E-state index >= 15 is 0 Å². The largest absolute Gasteiger partial charge is 0.338 e. The van der Waals surface area contributed by atoms with Gasteiger partial charge in [-0.25, -0.2) is 4.98 Å². The fourth-order valence-electron chi connectivity index (χ4n) is 3.73. The van der Waals surface area contributed by atoms with Crippen LogP contribution in [0.15, 0.2) is 65.8 Å². The van der Waals surface area contributed by atoms with Crippen molar-refractivity contribution in [2.24, 2.45) is 0 Å². The van der Waals surface area contributed by atoms with Gasteiger partial charge in [0.15, 0.2) is 0 Å². The molecule has 1 fully saturated rings. The Morgan fingerprint density at radius 3 is 2.64 bits per heavy atom. The lowest BCUT2D eigenvalue weighted by Crippen LogP contribution is -2.35. The molecule has 0 aliphatic carbocycles. The van der Waals surface area contributed by atoms with Gasteiger partial charge < -0.3 is 9.88 Å². The van der Waals surface area contributed by atoms with Crippen LogP contribution in [-0.4, -0.2) is 38.8 Å². The lowest BCUT2D eigenvalue weighted by atomic mass is 9.92. The van der Waals surface area contributed by atoms with Crippen molar-refractivity contribution in [3.05, 3.63) is 82.5 Å². The third-order valence-electron chi connectivity index (χ3n) is 5.25. The van der Waals surface area contributed by atoms with Crippen LogP contribution in [0.4, 0.5) is 0 Å². The molecule has 28 heavy (non-hydrogen) atoms. The highest BCUT2D eigenvalue weighted by atomic mass is 16.2. The SMILES string of the molecule is O=C(c1cnc(-c2cccnc2)[nH]c1=O)N1CCC[C@@H](c2ccccc2)CC1. The second kappa shape index (κ2) is 8.17. The molecule has 142 valence electrons. The Balaban J connectivity index is 1.49. The number of likely N-dealkylation sites (tertiary alicyclic amines) is 1. The molecule has 3 aromatic rings. The van der Waals surface area contributed by atoms with Crippen molar-refractivity contribution in [2.75, 3.05) is 13.1 Å². The summed E-state index contributed by atoms with van der Waals surface area (Å²) in [6.45, 7) is 1.30. The second-order valence-corrected chi connectivity index (χ2v) is 7.05. The molecule has 1 aliphatic heterocycles. The van der Waals surface area contributed by atoms with Crippen LogP contribution in [-0.2, 0) is 0 Å². The van der Waals surface area contributed by atoms with Gasteiger partial charge in [-0.2, -0.15) is 0 Å². The molecule has 1 atom stereocenters. The number of nitrogens with one attached hydrogen (secondary N) is 1. The maximum absolute atomic E-state index is 12.9. The first-order valence-electron chi connectivity index (χ1n) is 9.56. The fraction of sp³-hybridized carbons (Fsp3) is 0.273. The van der Waals surface area contributed by atoms with Crippen LogP contribution in [0.5, 0.6) is 0 Å². The summed E-state index contributed by atoms with van der Waals surface area (Å²) >= 11 is 0. The van der Waals surface area contributed by atoms with Crippen molar-refractivity contribution < 1.29 is 4.79 Å². The van der Waals surface area contributed by atoms with Gasteiger partial charge in [-0.15, -0.1) is 0 Å². The third kappa shape index (κ3) is 3.86. The van der Waals surface area contributed by atoms with Gasteiger partial charge in [0.1, 0.15) is 11.4 Å². The number of pyridine rings is 1. The van der Waals surface area contributed by atoms with Crippen molar-refractivity contribution in [3.63, 3.8) is 0 Å². The zero-order valence-corrected chi connectivity index (χ0v) is 15.5. The Morgan fingerprint density at radius 2 is 1.89 bits per heavy atom. The molecular formula is C22H22N4O2. The van der Waals surface area contributed by atoms with Crippen LogP contribution in [0.1, 0.15) is 41.1 Å². The number of H-pyrrole nitrogens is 1. The number of hydrogen-bond donors (Lipinski definition) is 1. The molecule has 0 bridgehead atoms. The summed E-state index contributed by atoms with van der Waals surface area (Å²) in [5, 5.41) is 0. The maximum atomic E-state index is 12.9. The number of aromatic amines is 1. The first-order valence-corrected chi connectivity index (χ1v) is 9.56. The first-order chi connectivity index (χ1) is 13.7. The first kappa shape index (κ1) is 18.1. The number of hydrogen-bond acceptors (Lipinski definition) is 4. The number of carbonyl (C=O) groups is 1. The van der Waals surface area contributed by atoms with Gasteiger partial charge in [0.25, 0.3) is 11.5 Å². The summed E-state index contributed by atoms with van der Waals surface area (Å²) < 4.78 is 0. The van der Waals surface area contributed by atoms with Crippen molar-refractivity contribution in [1.82, 2.24) is 19.9 Å². The lowest BCUT2D eigenvalue weighted by molar-refractivity contribution is 0.0759. The van der Waals surface area contributed by atoms with Gasteiger partial charge in [0, 0.05) is 37.2 Å². The molecule has 1 N–H and O–H groups in total. The van der Waals surface area contributed by atoms with Crippen molar-refractivity contribution in [1.29, 1.82) is 0 Å². The van der Waals surface area contributed by atoms with E-state index in [2.05, 4.69) is 39.2 Å². The monoisotopic (exact) mass is 374 g/mol. The number of rotatable bonds is 3. The summed E-state index contributed by atoms with van der Waals surface area (Å²) in [6.07, 6.45) is 7.52. The summed E-state index contributed by atoms with van der Waals surface area (Å²) in [5.41, 5.74) is 1.70. The van der Waals surface area contributed by atoms with E-state index in [1.54, 1.807) is 23.4 Å². The van der Waals surface area contributed by atoms with E-state index in [4.69, 9.17) is 0 Å². The van der Waals surface area contributed by atoms with E-state index in [0.29, 0.717) is 30.4 Å². The van der Waals surface area contributed by atoms with Gasteiger partial charge in [-0.3, -0.25) is 14.6 Å². The van der Waals surface area contributed by atoms with Crippen LogP contribution < -0.4 is 5.56 Å². The highest BCUT2D eigenvalue weighted by Gasteiger charge is 2.24. The Morgan fingerprint density at radius 1 is 1.04 bits per heavy atom. The van der Waals surface area contributed by atoms with E-state index in [1.165, 1.54) is 11.8 Å². The topological polar surface area (TPSA) is 79.0 Å². The van der Waals surface area contributed by atoms with E-state index in [9.17, 15) is 9.59 Å². The predicted molar refractivity (Wildman–Crippen MR) is 107 cm³/mol. The molecule has 3 heterocycles. The van der Waals surface area contributed by atoms with Crippen LogP contribution >= 0.6 is 0 Å². The fourth-order valence-corrected chi connectivity index (χ4v) is 3.73. The highest BCUT2D eigenvalue weighted by Crippen LogP contribution is 2.28. The van der Waals surface area contributed by atoms with Crippen molar-refractivity contribution >= 4 is 5.91 Å². The average molecular weight is 374 g/mol. The normalized spacial score (nSPS) is 17.1. The molecule has 4 rings (SSSR count). The second-order valence-electron chi connectivity index (χ2n) is 7.05. The molecular weight excluding hydrogens is 352 g/mol. The third-order valence-corrected chi connectivity index (χ3v) is 5.25. The zero-order chi connectivity index (χ0) is 19.3. The van der Waals surface area contributed by atoms with Gasteiger partial charge in [-0.05, 0) is 42.9 Å². The zero-order valence-electron chi connectivity index (χ0n) is 15.5. The van der Waals surface area contributed by atoms with Crippen molar-refractivity contribution in [3.8, 4) is 11.4 Å². The molecule has 1 amide bonds. The minimum Gasteiger partial charge on any atom is -0.338 e. The average Bonchev–Trinajstić information content (AvgIpc) is 3.01. The van der Waals surface area contributed by atoms with E-state index in [0.717, 1.165) is 19.3 Å². The molecule has 1 aromatic carbocycles. The molecule has 6 heteroatoms. The Labute approximate surface area is 163 Å². The number of amides is 1. The quantitative estimate of drug-likeness (QED) is 0.763. The Hall–Kier alpha value is -3.28. The minimum absolute atomic E-state index is 0.0887. The van der Waals surface area contributed by atoms with E-state index in [-0.39, 0.29) is 11.5 Å². The standard InChI is InChI=1S/C22H22N4O2/c27-21-19(15-24-20(25-21)18-8-4-11-23-14-18)22(28)26-12-5-9-17(10-13-26)16-6-2-1-3-7-16/h1-4,6-8,11,14-15,17H,5,9-10,12-13H2,(H,24,25,27)/t17-/m1/s1. The highest BCUT2D eigenvalue weighted by molar-refractivity contribution is 5.93. The van der Waals surface area contributed by atoms with E-state index in [1.807, 2.05) is 12.1 Å². The van der Waals surface area contributed by atoms with Gasteiger partial charge in [0.2, 0.25) is 0 Å². The summed E-state index contributed by atoms with van der Waals surface area (Å²) in [7, 11) is 0. The summed E-state index contributed by atoms with van der Waals surface area (Å²) in [5.74, 6) is 0.609. The molecule has 1 saturated heterocycles. The molecule has 0 unspecified atom stereocenters. The molecule has 0 radical (unpaired) electrons. The minimum atomic E-state index is -0.414. The summed E-state index contributed by atoms with van der Waals surface area (Å²) in [4.78, 5) is 38.2. The molecule has 0 spiro atoms. The Bertz CT molecular complexity index is 1000. The number of aromatic nitrogens is 3. The lowest BCUT2D eigenvalue weighted by Gasteiger charge is -2.20. The van der Waals surface area contributed by atoms with Gasteiger partial charge in [0.05, 0.1) is 0 Å². The summed E-state index contributed by atoms with van der Waals surface area (Å²) in [6, 6.07) is 14.0. The van der Waals surface area contributed by atoms with Crippen LogP contribution in [0.2, 0.25) is 0 Å². The van der Waals surface area contributed by atoms with Crippen LogP contribution in [0.3, 0.4) is 0 Å². The number of carbonyl (C=O) groups excluding carboxylic acids is 1. The molecule has 6 nitrogen and oxygen atoms in total. The smallest absolute Gasteiger partial charge is 0.264 e.